The van der Waals surface area contributed by atoms with E-state index in [9.17, 15) is 16.8 Å². The Bertz CT molecular complexity index is 1020. The van der Waals surface area contributed by atoms with Crippen LogP contribution in [-0.4, -0.2) is 51.1 Å². The number of hydrogen-bond acceptors (Lipinski definition) is 4. The summed E-state index contributed by atoms with van der Waals surface area (Å²) in [7, 11) is -7.45. The summed E-state index contributed by atoms with van der Waals surface area (Å²) in [6.45, 7) is 1.90. The summed E-state index contributed by atoms with van der Waals surface area (Å²) in [4.78, 5) is 0.265. The fourth-order valence-electron chi connectivity index (χ4n) is 2.98. The third-order valence-corrected chi connectivity index (χ3v) is 8.81. The Labute approximate surface area is 169 Å². The summed E-state index contributed by atoms with van der Waals surface area (Å²) in [5.74, 6) is 0. The van der Waals surface area contributed by atoms with E-state index in [0.717, 1.165) is 0 Å². The molecular formula is C17H18Cl2N2O4S2. The van der Waals surface area contributed by atoms with Crippen molar-refractivity contribution in [1.82, 2.24) is 8.61 Å². The van der Waals surface area contributed by atoms with Crippen LogP contribution in [0, 0.1) is 0 Å². The molecule has 1 atom stereocenters. The van der Waals surface area contributed by atoms with Crippen LogP contribution in [0.4, 0.5) is 0 Å². The molecule has 0 aliphatic carbocycles. The minimum atomic E-state index is -3.73. The minimum absolute atomic E-state index is 0.0672. The van der Waals surface area contributed by atoms with Crippen LogP contribution in [-0.2, 0) is 20.0 Å². The molecule has 0 bridgehead atoms. The van der Waals surface area contributed by atoms with Gasteiger partial charge in [0, 0.05) is 35.7 Å². The monoisotopic (exact) mass is 448 g/mol. The van der Waals surface area contributed by atoms with Crippen molar-refractivity contribution in [3.63, 3.8) is 0 Å². The second-order valence-electron chi connectivity index (χ2n) is 6.24. The van der Waals surface area contributed by atoms with Crippen molar-refractivity contribution in [2.24, 2.45) is 0 Å². The predicted octanol–water partition coefficient (Wildman–Crippen LogP) is 3.08. The summed E-state index contributed by atoms with van der Waals surface area (Å²) in [5.41, 5.74) is 0. The summed E-state index contributed by atoms with van der Waals surface area (Å²) in [6, 6.07) is 11.3. The SMILES string of the molecule is C[C@H]1CN(S(=O)(=O)c2ccc(Cl)cc2)CCN1S(=O)(=O)c1ccc(Cl)cc1. The first-order chi connectivity index (χ1) is 12.6. The maximum absolute atomic E-state index is 12.9. The topological polar surface area (TPSA) is 74.8 Å². The van der Waals surface area contributed by atoms with Crippen molar-refractivity contribution < 1.29 is 16.8 Å². The molecule has 3 rings (SSSR count). The van der Waals surface area contributed by atoms with Gasteiger partial charge in [0.15, 0.2) is 0 Å². The Kier molecular flexibility index (Phi) is 5.86. The molecule has 2 aromatic carbocycles. The van der Waals surface area contributed by atoms with Gasteiger partial charge in [-0.1, -0.05) is 23.2 Å². The first kappa shape index (κ1) is 20.6. The van der Waals surface area contributed by atoms with Crippen molar-refractivity contribution in [2.75, 3.05) is 19.6 Å². The van der Waals surface area contributed by atoms with E-state index < -0.39 is 26.1 Å². The Morgan fingerprint density at radius 3 is 1.67 bits per heavy atom. The summed E-state index contributed by atoms with van der Waals surface area (Å²) in [6.07, 6.45) is 0. The number of nitrogens with zero attached hydrogens (tertiary/aromatic N) is 2. The first-order valence-electron chi connectivity index (χ1n) is 8.15. The number of hydrogen-bond donors (Lipinski definition) is 0. The molecule has 1 aliphatic heterocycles. The van der Waals surface area contributed by atoms with Crippen LogP contribution in [0.2, 0.25) is 10.0 Å². The lowest BCUT2D eigenvalue weighted by Crippen LogP contribution is -2.55. The molecule has 1 fully saturated rings. The molecule has 0 amide bonds. The van der Waals surface area contributed by atoms with Crippen LogP contribution in [0.25, 0.3) is 0 Å². The molecule has 1 aliphatic rings. The second-order valence-corrected chi connectivity index (χ2v) is 10.9. The maximum atomic E-state index is 12.9. The van der Waals surface area contributed by atoms with Crippen LogP contribution in [0.1, 0.15) is 6.92 Å². The van der Waals surface area contributed by atoms with E-state index in [4.69, 9.17) is 23.2 Å². The Hall–Kier alpha value is -1.16. The quantitative estimate of drug-likeness (QED) is 0.719. The van der Waals surface area contributed by atoms with Crippen LogP contribution in [0.5, 0.6) is 0 Å². The number of halogens is 2. The summed E-state index contributed by atoms with van der Waals surface area (Å²) >= 11 is 11.6. The molecule has 10 heteroatoms. The summed E-state index contributed by atoms with van der Waals surface area (Å²) in [5, 5.41) is 0.891. The largest absolute Gasteiger partial charge is 0.243 e. The molecule has 0 unspecified atom stereocenters. The normalized spacial score (nSPS) is 19.9. The molecule has 1 saturated heterocycles. The van der Waals surface area contributed by atoms with Gasteiger partial charge in [-0.15, -0.1) is 0 Å². The van der Waals surface area contributed by atoms with E-state index >= 15 is 0 Å². The van der Waals surface area contributed by atoms with Crippen LogP contribution in [0.15, 0.2) is 58.3 Å². The van der Waals surface area contributed by atoms with Crippen LogP contribution >= 0.6 is 23.2 Å². The van der Waals surface area contributed by atoms with Gasteiger partial charge in [-0.2, -0.15) is 8.61 Å². The second kappa shape index (κ2) is 7.69. The molecule has 0 radical (unpaired) electrons. The standard InChI is InChI=1S/C17H18Cl2N2O4S2/c1-13-12-20(26(22,23)16-6-2-14(18)3-7-16)10-11-21(13)27(24,25)17-8-4-15(19)5-9-17/h2-9,13H,10-12H2,1H3/t13-/m0/s1. The molecule has 0 spiro atoms. The number of benzene rings is 2. The molecule has 27 heavy (non-hydrogen) atoms. The van der Waals surface area contributed by atoms with E-state index in [1.807, 2.05) is 0 Å². The smallest absolute Gasteiger partial charge is 0.207 e. The summed E-state index contributed by atoms with van der Waals surface area (Å²) < 4.78 is 54.0. The number of sulfonamides is 2. The Morgan fingerprint density at radius 2 is 1.22 bits per heavy atom. The van der Waals surface area contributed by atoms with Gasteiger partial charge in [0.2, 0.25) is 20.0 Å². The van der Waals surface area contributed by atoms with Crippen LogP contribution < -0.4 is 0 Å². The lowest BCUT2D eigenvalue weighted by molar-refractivity contribution is 0.212. The van der Waals surface area contributed by atoms with E-state index in [-0.39, 0.29) is 29.4 Å². The number of piperazine rings is 1. The van der Waals surface area contributed by atoms with E-state index in [1.54, 1.807) is 6.92 Å². The van der Waals surface area contributed by atoms with Gasteiger partial charge in [0.1, 0.15) is 0 Å². The average molecular weight is 449 g/mol. The molecule has 0 saturated carbocycles. The van der Waals surface area contributed by atoms with Gasteiger partial charge in [0.05, 0.1) is 9.79 Å². The van der Waals surface area contributed by atoms with Crippen molar-refractivity contribution in [2.45, 2.75) is 22.8 Å². The maximum Gasteiger partial charge on any atom is 0.243 e. The lowest BCUT2D eigenvalue weighted by Gasteiger charge is -2.38. The molecular weight excluding hydrogens is 431 g/mol. The van der Waals surface area contributed by atoms with Gasteiger partial charge < -0.3 is 0 Å². The molecule has 2 aromatic rings. The lowest BCUT2D eigenvalue weighted by atomic mass is 10.3. The third-order valence-electron chi connectivity index (χ3n) is 4.40. The minimum Gasteiger partial charge on any atom is -0.207 e. The zero-order chi connectivity index (χ0) is 19.8. The van der Waals surface area contributed by atoms with Gasteiger partial charge in [-0.3, -0.25) is 0 Å². The highest BCUT2D eigenvalue weighted by atomic mass is 35.5. The van der Waals surface area contributed by atoms with Crippen molar-refractivity contribution in [3.8, 4) is 0 Å². The Morgan fingerprint density at radius 1 is 0.778 bits per heavy atom. The molecule has 0 N–H and O–H groups in total. The van der Waals surface area contributed by atoms with Crippen molar-refractivity contribution >= 4 is 43.2 Å². The molecule has 146 valence electrons. The van der Waals surface area contributed by atoms with Crippen molar-refractivity contribution in [1.29, 1.82) is 0 Å². The molecule has 1 heterocycles. The number of rotatable bonds is 4. The first-order valence-corrected chi connectivity index (χ1v) is 11.8. The zero-order valence-electron chi connectivity index (χ0n) is 14.4. The fourth-order valence-corrected chi connectivity index (χ4v) is 6.36. The highest BCUT2D eigenvalue weighted by molar-refractivity contribution is 7.89. The highest BCUT2D eigenvalue weighted by Gasteiger charge is 2.38. The zero-order valence-corrected chi connectivity index (χ0v) is 17.6. The molecule has 6 nitrogen and oxygen atoms in total. The average Bonchev–Trinajstić information content (AvgIpc) is 2.62. The predicted molar refractivity (Wildman–Crippen MR) is 105 cm³/mol. The van der Waals surface area contributed by atoms with Gasteiger partial charge in [-0.05, 0) is 55.5 Å². The fraction of sp³-hybridized carbons (Fsp3) is 0.294. The molecule has 0 aromatic heterocycles. The van der Waals surface area contributed by atoms with E-state index in [1.165, 1.54) is 57.1 Å². The van der Waals surface area contributed by atoms with Crippen molar-refractivity contribution in [3.05, 3.63) is 58.6 Å². The van der Waals surface area contributed by atoms with E-state index in [0.29, 0.717) is 10.0 Å². The van der Waals surface area contributed by atoms with Gasteiger partial charge in [0.25, 0.3) is 0 Å². The third kappa shape index (κ3) is 4.16. The van der Waals surface area contributed by atoms with Gasteiger partial charge >= 0.3 is 0 Å². The van der Waals surface area contributed by atoms with E-state index in [2.05, 4.69) is 0 Å². The highest BCUT2D eigenvalue weighted by Crippen LogP contribution is 2.26. The van der Waals surface area contributed by atoms with Crippen LogP contribution in [0.3, 0.4) is 0 Å². The van der Waals surface area contributed by atoms with Gasteiger partial charge in [-0.25, -0.2) is 16.8 Å². The Balaban J connectivity index is 1.81.